The zero-order chi connectivity index (χ0) is 30.7. The number of esters is 1. The Morgan fingerprint density at radius 1 is 1.09 bits per heavy atom. The zero-order valence-electron chi connectivity index (χ0n) is 24.0. The van der Waals surface area contributed by atoms with Crippen molar-refractivity contribution < 1.29 is 23.9 Å². The van der Waals surface area contributed by atoms with Gasteiger partial charge in [-0.2, -0.15) is 0 Å². The van der Waals surface area contributed by atoms with Gasteiger partial charge in [0.1, 0.15) is 6.61 Å². The molecule has 43 heavy (non-hydrogen) atoms. The van der Waals surface area contributed by atoms with Crippen molar-refractivity contribution in [1.82, 2.24) is 4.57 Å². The molecule has 220 valence electrons. The second-order valence-corrected chi connectivity index (χ2v) is 10.8. The van der Waals surface area contributed by atoms with Crippen molar-refractivity contribution in [3.8, 4) is 11.5 Å². The highest BCUT2D eigenvalue weighted by Crippen LogP contribution is 2.33. The van der Waals surface area contributed by atoms with Crippen molar-refractivity contribution >= 4 is 29.1 Å². The van der Waals surface area contributed by atoms with Gasteiger partial charge < -0.3 is 14.2 Å². The molecule has 5 rings (SSSR count). The number of hydrogen-bond acceptors (Lipinski definition) is 9. The van der Waals surface area contributed by atoms with Crippen molar-refractivity contribution in [3.63, 3.8) is 0 Å². The number of nitro benzene ring substituents is 1. The van der Waals surface area contributed by atoms with Crippen LogP contribution >= 0.6 is 11.3 Å². The molecule has 4 aromatic rings. The van der Waals surface area contributed by atoms with Gasteiger partial charge in [-0.3, -0.25) is 19.5 Å². The number of para-hydroxylation sites is 1. The summed E-state index contributed by atoms with van der Waals surface area (Å²) in [6, 6.07) is 18.4. The third-order valence-electron chi connectivity index (χ3n) is 6.96. The van der Waals surface area contributed by atoms with E-state index in [2.05, 4.69) is 4.99 Å². The predicted molar refractivity (Wildman–Crippen MR) is 162 cm³/mol. The summed E-state index contributed by atoms with van der Waals surface area (Å²) < 4.78 is 19.0. The Labute approximate surface area is 251 Å². The third kappa shape index (κ3) is 5.98. The zero-order valence-corrected chi connectivity index (χ0v) is 24.8. The maximum atomic E-state index is 14.0. The number of methoxy groups -OCH3 is 1. The summed E-state index contributed by atoms with van der Waals surface area (Å²) >= 11 is 1.21. The number of fused-ring (bicyclic) bond motifs is 1. The number of aromatic nitrogens is 1. The Kier molecular flexibility index (Phi) is 8.53. The van der Waals surface area contributed by atoms with Crippen LogP contribution in [0.1, 0.15) is 42.1 Å². The minimum atomic E-state index is -0.707. The molecule has 0 N–H and O–H groups in total. The van der Waals surface area contributed by atoms with Crippen LogP contribution in [0.5, 0.6) is 11.5 Å². The van der Waals surface area contributed by atoms with Gasteiger partial charge in [0.05, 0.1) is 40.5 Å². The van der Waals surface area contributed by atoms with Gasteiger partial charge in [-0.05, 0) is 56.2 Å². The number of aryl methyl sites for hydroxylation is 1. The molecule has 11 heteroatoms. The number of hydrogen-bond donors (Lipinski definition) is 0. The molecule has 10 nitrogen and oxygen atoms in total. The van der Waals surface area contributed by atoms with Gasteiger partial charge in [-0.15, -0.1) is 0 Å². The number of thiazole rings is 1. The maximum Gasteiger partial charge on any atom is 0.338 e. The molecule has 0 amide bonds. The minimum Gasteiger partial charge on any atom is -0.493 e. The largest absolute Gasteiger partial charge is 0.493 e. The lowest BCUT2D eigenvalue weighted by Gasteiger charge is -2.24. The molecular formula is C32H29N3O7S. The van der Waals surface area contributed by atoms with Gasteiger partial charge in [-0.25, -0.2) is 9.79 Å². The predicted octanol–water partition coefficient (Wildman–Crippen LogP) is 4.60. The molecule has 0 spiro atoms. The summed E-state index contributed by atoms with van der Waals surface area (Å²) in [6.07, 6.45) is 1.72. The molecule has 0 unspecified atom stereocenters. The fraction of sp³-hybridized carbons (Fsp3) is 0.219. The van der Waals surface area contributed by atoms with E-state index in [1.165, 1.54) is 35.1 Å². The maximum absolute atomic E-state index is 14.0. The fourth-order valence-electron chi connectivity index (χ4n) is 4.83. The lowest BCUT2D eigenvalue weighted by molar-refractivity contribution is -0.384. The average Bonchev–Trinajstić information content (AvgIpc) is 3.30. The number of carbonyl (C=O) groups excluding carboxylic acids is 1. The highest BCUT2D eigenvalue weighted by Gasteiger charge is 2.33. The molecule has 0 aliphatic carbocycles. The first-order chi connectivity index (χ1) is 20.7. The van der Waals surface area contributed by atoms with E-state index in [0.717, 1.165) is 16.7 Å². The molecule has 1 atom stereocenters. The van der Waals surface area contributed by atoms with E-state index in [1.807, 2.05) is 31.2 Å². The van der Waals surface area contributed by atoms with Crippen molar-refractivity contribution in [1.29, 1.82) is 0 Å². The van der Waals surface area contributed by atoms with Gasteiger partial charge in [0.25, 0.3) is 11.2 Å². The molecule has 0 radical (unpaired) electrons. The van der Waals surface area contributed by atoms with E-state index in [1.54, 1.807) is 50.3 Å². The number of nitro groups is 1. The van der Waals surface area contributed by atoms with Crippen LogP contribution in [-0.4, -0.2) is 29.2 Å². The summed E-state index contributed by atoms with van der Waals surface area (Å²) in [5, 5.41) is 11.0. The van der Waals surface area contributed by atoms with E-state index in [4.69, 9.17) is 14.2 Å². The van der Waals surface area contributed by atoms with Crippen LogP contribution < -0.4 is 24.4 Å². The molecule has 1 aliphatic rings. The Bertz CT molecular complexity index is 1910. The van der Waals surface area contributed by atoms with Crippen LogP contribution in [0.15, 0.2) is 87.8 Å². The Morgan fingerprint density at radius 3 is 2.47 bits per heavy atom. The first kappa shape index (κ1) is 29.5. The molecule has 1 aromatic heterocycles. The summed E-state index contributed by atoms with van der Waals surface area (Å²) in [7, 11) is 1.52. The van der Waals surface area contributed by atoms with Gasteiger partial charge in [0, 0.05) is 17.7 Å². The van der Waals surface area contributed by atoms with Crippen LogP contribution in [0.2, 0.25) is 0 Å². The molecule has 1 aliphatic heterocycles. The molecule has 0 bridgehead atoms. The molecule has 3 aromatic carbocycles. The van der Waals surface area contributed by atoms with E-state index in [0.29, 0.717) is 37.7 Å². The summed E-state index contributed by atoms with van der Waals surface area (Å²) in [4.78, 5) is 42.8. The molecule has 0 saturated heterocycles. The highest BCUT2D eigenvalue weighted by molar-refractivity contribution is 7.07. The molecule has 0 fully saturated rings. The second-order valence-electron chi connectivity index (χ2n) is 9.80. The van der Waals surface area contributed by atoms with Crippen molar-refractivity contribution in [2.24, 2.45) is 4.99 Å². The van der Waals surface area contributed by atoms with E-state index in [-0.39, 0.29) is 24.5 Å². The van der Waals surface area contributed by atoms with E-state index < -0.39 is 16.9 Å². The van der Waals surface area contributed by atoms with Crippen LogP contribution in [0.3, 0.4) is 0 Å². The van der Waals surface area contributed by atoms with Crippen LogP contribution in [0.4, 0.5) is 5.69 Å². The first-order valence-corrected chi connectivity index (χ1v) is 14.3. The molecule has 2 heterocycles. The van der Waals surface area contributed by atoms with Gasteiger partial charge in [-0.1, -0.05) is 53.3 Å². The summed E-state index contributed by atoms with van der Waals surface area (Å²) in [5.41, 5.74) is 3.62. The van der Waals surface area contributed by atoms with Gasteiger partial charge in [0.15, 0.2) is 16.3 Å². The third-order valence-corrected chi connectivity index (χ3v) is 7.94. The Morgan fingerprint density at radius 2 is 1.81 bits per heavy atom. The lowest BCUT2D eigenvalue weighted by atomic mass is 9.95. The molecular weight excluding hydrogens is 570 g/mol. The number of carbonyl (C=O) groups is 1. The quantitative estimate of drug-likeness (QED) is 0.157. The lowest BCUT2D eigenvalue weighted by Crippen LogP contribution is -2.39. The smallest absolute Gasteiger partial charge is 0.338 e. The monoisotopic (exact) mass is 599 g/mol. The fourth-order valence-corrected chi connectivity index (χ4v) is 5.87. The average molecular weight is 600 g/mol. The Hall–Kier alpha value is -5.03. The second kappa shape index (κ2) is 12.5. The number of rotatable bonds is 9. The number of allylic oxidation sites excluding steroid dienone is 1. The van der Waals surface area contributed by atoms with Crippen LogP contribution in [-0.2, 0) is 16.1 Å². The van der Waals surface area contributed by atoms with Crippen LogP contribution in [0, 0.1) is 17.0 Å². The van der Waals surface area contributed by atoms with Crippen LogP contribution in [0.25, 0.3) is 6.08 Å². The number of benzene rings is 3. The normalized spacial score (nSPS) is 14.6. The first-order valence-electron chi connectivity index (χ1n) is 13.5. The standard InChI is InChI=1S/C32H29N3O7S/c1-5-41-31(37)27-20(3)33-32-34(28(27)22-13-9-19(2)10-14-22)30(36)26(43-32)17-23-7-6-8-25(40-4)29(23)42-18-21-11-15-24(16-12-21)35(38)39/h6-17,28H,5,18H2,1-4H3/b26-17-/t28-/m1/s1. The molecule has 0 saturated carbocycles. The Balaban J connectivity index is 1.60. The summed E-state index contributed by atoms with van der Waals surface area (Å²) in [5.74, 6) is 0.354. The SMILES string of the molecule is CCOC(=O)C1=C(C)N=c2s/c(=C\c3cccc(OC)c3OCc3ccc([N+](=O)[O-])cc3)c(=O)n2[C@@H]1c1ccc(C)cc1. The van der Waals surface area contributed by atoms with E-state index >= 15 is 0 Å². The summed E-state index contributed by atoms with van der Waals surface area (Å²) in [6.45, 7) is 5.77. The van der Waals surface area contributed by atoms with Crippen molar-refractivity contribution in [3.05, 3.63) is 130 Å². The number of nitrogens with zero attached hydrogens (tertiary/aromatic N) is 3. The topological polar surface area (TPSA) is 122 Å². The van der Waals surface area contributed by atoms with Crippen molar-refractivity contribution in [2.75, 3.05) is 13.7 Å². The van der Waals surface area contributed by atoms with Gasteiger partial charge >= 0.3 is 5.97 Å². The minimum absolute atomic E-state index is 0.0117. The highest BCUT2D eigenvalue weighted by atomic mass is 32.1. The van der Waals surface area contributed by atoms with Crippen molar-refractivity contribution in [2.45, 2.75) is 33.4 Å². The number of ether oxygens (including phenoxy) is 3. The van der Waals surface area contributed by atoms with Gasteiger partial charge in [0.2, 0.25) is 0 Å². The van der Waals surface area contributed by atoms with E-state index in [9.17, 15) is 19.7 Å². The number of non-ortho nitro benzene ring substituents is 1.